The molecule has 1 fully saturated rings. The third-order valence-corrected chi connectivity index (χ3v) is 3.05. The molecule has 2 N–H and O–H groups in total. The number of carbonyl (C=O) groups is 1. The summed E-state index contributed by atoms with van der Waals surface area (Å²) in [6, 6.07) is 0.509. The molecule has 1 saturated heterocycles. The summed E-state index contributed by atoms with van der Waals surface area (Å²) in [5, 5.41) is 0. The Hall–Kier alpha value is -0.810. The highest BCUT2D eigenvalue weighted by Gasteiger charge is 2.24. The molecule has 1 amide bonds. The average Bonchev–Trinajstić information content (AvgIpc) is 2.30. The Labute approximate surface area is 97.5 Å². The summed E-state index contributed by atoms with van der Waals surface area (Å²) in [5.41, 5.74) is 5.54. The number of ether oxygens (including phenoxy) is 1. The van der Waals surface area contributed by atoms with E-state index in [4.69, 9.17) is 10.5 Å². The van der Waals surface area contributed by atoms with Crippen LogP contribution in [0.2, 0.25) is 0 Å². The van der Waals surface area contributed by atoms with Crippen molar-refractivity contribution < 1.29 is 9.53 Å². The van der Waals surface area contributed by atoms with Crippen LogP contribution >= 0.6 is 0 Å². The molecule has 0 aromatic heterocycles. The topological polar surface area (TPSA) is 58.8 Å². The van der Waals surface area contributed by atoms with Crippen molar-refractivity contribution in [3.8, 4) is 0 Å². The van der Waals surface area contributed by atoms with Crippen molar-refractivity contribution in [3.05, 3.63) is 0 Å². The highest BCUT2D eigenvalue weighted by molar-refractivity contribution is 5.67. The smallest absolute Gasteiger partial charge is 0.409 e. The van der Waals surface area contributed by atoms with Crippen LogP contribution in [0.25, 0.3) is 0 Å². The number of nitrogens with two attached hydrogens (primary N) is 1. The van der Waals surface area contributed by atoms with Gasteiger partial charge in [0.1, 0.15) is 0 Å². The molecule has 1 aliphatic rings. The van der Waals surface area contributed by atoms with E-state index < -0.39 is 0 Å². The molecular weight excluding hydrogens is 206 g/mol. The Morgan fingerprint density at radius 1 is 1.38 bits per heavy atom. The van der Waals surface area contributed by atoms with E-state index in [0.29, 0.717) is 12.6 Å². The lowest BCUT2D eigenvalue weighted by atomic mass is 10.2. The van der Waals surface area contributed by atoms with E-state index in [0.717, 1.165) is 39.1 Å². The van der Waals surface area contributed by atoms with E-state index >= 15 is 0 Å². The minimum Gasteiger partial charge on any atom is -0.450 e. The zero-order valence-electron chi connectivity index (χ0n) is 10.3. The summed E-state index contributed by atoms with van der Waals surface area (Å²) in [5.74, 6) is 0. The summed E-state index contributed by atoms with van der Waals surface area (Å²) < 4.78 is 4.97. The average molecular weight is 229 g/mol. The SMILES string of the molecule is CCOC(=O)N1CCN(C(C)CCN)CC1. The fourth-order valence-corrected chi connectivity index (χ4v) is 1.98. The second kappa shape index (κ2) is 6.70. The van der Waals surface area contributed by atoms with Crippen molar-refractivity contribution in [1.82, 2.24) is 9.80 Å². The highest BCUT2D eigenvalue weighted by Crippen LogP contribution is 2.09. The number of hydrogen-bond donors (Lipinski definition) is 1. The second-order valence-electron chi connectivity index (χ2n) is 4.15. The molecule has 0 aliphatic carbocycles. The molecule has 1 unspecified atom stereocenters. The molecule has 0 radical (unpaired) electrons. The Bertz CT molecular complexity index is 215. The molecule has 0 bridgehead atoms. The third-order valence-electron chi connectivity index (χ3n) is 3.05. The molecule has 0 aromatic carbocycles. The van der Waals surface area contributed by atoms with Gasteiger partial charge >= 0.3 is 6.09 Å². The van der Waals surface area contributed by atoms with Crippen LogP contribution in [-0.2, 0) is 4.74 Å². The normalized spacial score (nSPS) is 19.6. The predicted octanol–water partition coefficient (Wildman–Crippen LogP) is 0.498. The molecule has 0 aromatic rings. The molecule has 94 valence electrons. The summed E-state index contributed by atoms with van der Waals surface area (Å²) >= 11 is 0. The van der Waals surface area contributed by atoms with Crippen LogP contribution in [0, 0.1) is 0 Å². The van der Waals surface area contributed by atoms with Gasteiger partial charge in [0.15, 0.2) is 0 Å². The zero-order valence-corrected chi connectivity index (χ0v) is 10.3. The first-order valence-corrected chi connectivity index (χ1v) is 6.04. The van der Waals surface area contributed by atoms with Gasteiger partial charge in [-0.2, -0.15) is 0 Å². The number of piperazine rings is 1. The van der Waals surface area contributed by atoms with E-state index in [1.165, 1.54) is 0 Å². The molecule has 16 heavy (non-hydrogen) atoms. The van der Waals surface area contributed by atoms with Gasteiger partial charge in [-0.05, 0) is 26.8 Å². The lowest BCUT2D eigenvalue weighted by Gasteiger charge is -2.37. The van der Waals surface area contributed by atoms with Gasteiger partial charge in [-0.15, -0.1) is 0 Å². The van der Waals surface area contributed by atoms with Crippen molar-refractivity contribution >= 4 is 6.09 Å². The van der Waals surface area contributed by atoms with Crippen LogP contribution in [0.4, 0.5) is 4.79 Å². The largest absolute Gasteiger partial charge is 0.450 e. The molecule has 5 nitrogen and oxygen atoms in total. The first-order valence-electron chi connectivity index (χ1n) is 6.04. The maximum Gasteiger partial charge on any atom is 0.409 e. The first-order chi connectivity index (χ1) is 7.69. The van der Waals surface area contributed by atoms with E-state index in [9.17, 15) is 4.79 Å². The van der Waals surface area contributed by atoms with Gasteiger partial charge in [-0.25, -0.2) is 4.79 Å². The monoisotopic (exact) mass is 229 g/mol. The molecule has 5 heteroatoms. The maximum absolute atomic E-state index is 11.5. The third kappa shape index (κ3) is 3.64. The van der Waals surface area contributed by atoms with Crippen LogP contribution < -0.4 is 5.73 Å². The quantitative estimate of drug-likeness (QED) is 0.762. The molecule has 0 saturated carbocycles. The molecule has 1 rings (SSSR count). The van der Waals surface area contributed by atoms with Gasteiger partial charge in [0.05, 0.1) is 6.61 Å². The van der Waals surface area contributed by atoms with Crippen molar-refractivity contribution in [2.75, 3.05) is 39.3 Å². The fourth-order valence-electron chi connectivity index (χ4n) is 1.98. The van der Waals surface area contributed by atoms with Crippen LogP contribution in [0.1, 0.15) is 20.3 Å². The highest BCUT2D eigenvalue weighted by atomic mass is 16.6. The van der Waals surface area contributed by atoms with Gasteiger partial charge < -0.3 is 15.4 Å². The standard InChI is InChI=1S/C11H23N3O2/c1-3-16-11(15)14-8-6-13(7-9-14)10(2)4-5-12/h10H,3-9,12H2,1-2H3. The molecule has 1 atom stereocenters. The van der Waals surface area contributed by atoms with E-state index in [2.05, 4.69) is 11.8 Å². The molecular formula is C11H23N3O2. The van der Waals surface area contributed by atoms with E-state index in [1.807, 2.05) is 6.92 Å². The van der Waals surface area contributed by atoms with E-state index in [-0.39, 0.29) is 6.09 Å². The van der Waals surface area contributed by atoms with Crippen molar-refractivity contribution in [2.45, 2.75) is 26.3 Å². The van der Waals surface area contributed by atoms with Crippen molar-refractivity contribution in [3.63, 3.8) is 0 Å². The number of rotatable bonds is 4. The van der Waals surface area contributed by atoms with Crippen molar-refractivity contribution in [2.24, 2.45) is 5.73 Å². The fraction of sp³-hybridized carbons (Fsp3) is 0.909. The summed E-state index contributed by atoms with van der Waals surface area (Å²) in [6.45, 7) is 8.54. The molecule has 0 spiro atoms. The van der Waals surface area contributed by atoms with Crippen LogP contribution in [0.5, 0.6) is 0 Å². The van der Waals surface area contributed by atoms with Gasteiger partial charge in [0, 0.05) is 32.2 Å². The Morgan fingerprint density at radius 2 is 2.00 bits per heavy atom. The van der Waals surface area contributed by atoms with Crippen LogP contribution in [-0.4, -0.2) is 61.3 Å². The van der Waals surface area contributed by atoms with Crippen LogP contribution in [0.15, 0.2) is 0 Å². The lowest BCUT2D eigenvalue weighted by molar-refractivity contribution is 0.0677. The van der Waals surface area contributed by atoms with Gasteiger partial charge in [0.25, 0.3) is 0 Å². The Morgan fingerprint density at radius 3 is 2.50 bits per heavy atom. The number of nitrogens with zero attached hydrogens (tertiary/aromatic N) is 2. The van der Waals surface area contributed by atoms with Crippen molar-refractivity contribution in [1.29, 1.82) is 0 Å². The zero-order chi connectivity index (χ0) is 12.0. The van der Waals surface area contributed by atoms with Gasteiger partial charge in [0.2, 0.25) is 0 Å². The van der Waals surface area contributed by atoms with Crippen LogP contribution in [0.3, 0.4) is 0 Å². The van der Waals surface area contributed by atoms with Gasteiger partial charge in [-0.3, -0.25) is 4.90 Å². The summed E-state index contributed by atoms with van der Waals surface area (Å²) in [4.78, 5) is 15.6. The number of hydrogen-bond acceptors (Lipinski definition) is 4. The minimum atomic E-state index is -0.186. The number of carbonyl (C=O) groups excluding carboxylic acids is 1. The Kier molecular flexibility index (Phi) is 5.55. The maximum atomic E-state index is 11.5. The summed E-state index contributed by atoms with van der Waals surface area (Å²) in [7, 11) is 0. The summed E-state index contributed by atoms with van der Waals surface area (Å²) in [6.07, 6.45) is 0.827. The van der Waals surface area contributed by atoms with Gasteiger partial charge in [-0.1, -0.05) is 0 Å². The number of amides is 1. The Balaban J connectivity index is 2.30. The lowest BCUT2D eigenvalue weighted by Crippen LogP contribution is -2.51. The first kappa shape index (κ1) is 13.3. The van der Waals surface area contributed by atoms with E-state index in [1.54, 1.807) is 4.90 Å². The minimum absolute atomic E-state index is 0.186. The second-order valence-corrected chi connectivity index (χ2v) is 4.15. The predicted molar refractivity (Wildman–Crippen MR) is 63.3 cm³/mol. The molecule has 1 aliphatic heterocycles. The molecule has 1 heterocycles.